The number of nitrogens with two attached hydrogens (primary N) is 1. The summed E-state index contributed by atoms with van der Waals surface area (Å²) < 4.78 is 5.03. The first-order valence-electron chi connectivity index (χ1n) is 5.93. The second kappa shape index (κ2) is 7.50. The average Bonchev–Trinajstić information content (AvgIpc) is 2.31. The maximum Gasteiger partial charge on any atom is 0.132 e. The van der Waals surface area contributed by atoms with E-state index in [-0.39, 0.29) is 0 Å². The molecule has 1 rings (SSSR count). The van der Waals surface area contributed by atoms with Crippen molar-refractivity contribution in [1.82, 2.24) is 9.97 Å². The fraction of sp³-hybridized carbons (Fsp3) is 0.667. The molecule has 0 amide bonds. The van der Waals surface area contributed by atoms with Crippen molar-refractivity contribution in [3.05, 3.63) is 11.4 Å². The van der Waals surface area contributed by atoms with E-state index in [1.807, 2.05) is 6.92 Å². The molecule has 1 aromatic heterocycles. The van der Waals surface area contributed by atoms with Crippen LogP contribution in [0.1, 0.15) is 31.2 Å². The molecule has 0 saturated carbocycles. The molecule has 0 aliphatic heterocycles. The number of hydrogen-bond acceptors (Lipinski definition) is 5. The summed E-state index contributed by atoms with van der Waals surface area (Å²) >= 11 is 1.73. The standard InChI is InChI=1S/C12H21N3OS/c1-4-6-10-14-11(13)9(2)12(15-10)17-8-5-7-16-3/h4-8H2,1-3H3,(H2,13,14,15). The first-order chi connectivity index (χ1) is 8.19. The first-order valence-corrected chi connectivity index (χ1v) is 6.92. The van der Waals surface area contributed by atoms with Gasteiger partial charge in [0.15, 0.2) is 0 Å². The van der Waals surface area contributed by atoms with Crippen molar-refractivity contribution in [2.24, 2.45) is 0 Å². The zero-order valence-corrected chi connectivity index (χ0v) is 11.6. The van der Waals surface area contributed by atoms with Crippen LogP contribution in [0.2, 0.25) is 0 Å². The molecule has 0 spiro atoms. The summed E-state index contributed by atoms with van der Waals surface area (Å²) in [4.78, 5) is 8.85. The van der Waals surface area contributed by atoms with Gasteiger partial charge in [-0.15, -0.1) is 11.8 Å². The number of nitrogens with zero attached hydrogens (tertiary/aromatic N) is 2. The largest absolute Gasteiger partial charge is 0.385 e. The smallest absolute Gasteiger partial charge is 0.132 e. The lowest BCUT2D eigenvalue weighted by atomic mass is 10.3. The number of methoxy groups -OCH3 is 1. The highest BCUT2D eigenvalue weighted by Gasteiger charge is 2.08. The Morgan fingerprint density at radius 2 is 2.12 bits per heavy atom. The number of hydrogen-bond donors (Lipinski definition) is 1. The molecular weight excluding hydrogens is 234 g/mol. The molecule has 1 heterocycles. The topological polar surface area (TPSA) is 61.0 Å². The molecule has 2 N–H and O–H groups in total. The number of anilines is 1. The monoisotopic (exact) mass is 255 g/mol. The molecule has 0 unspecified atom stereocenters. The Morgan fingerprint density at radius 1 is 1.35 bits per heavy atom. The lowest BCUT2D eigenvalue weighted by Gasteiger charge is -2.09. The van der Waals surface area contributed by atoms with Crippen molar-refractivity contribution in [2.75, 3.05) is 25.2 Å². The van der Waals surface area contributed by atoms with Gasteiger partial charge in [0.2, 0.25) is 0 Å². The Labute approximate surface area is 107 Å². The minimum atomic E-state index is 0.609. The SMILES string of the molecule is CCCc1nc(N)c(C)c(SCCCOC)n1. The minimum Gasteiger partial charge on any atom is -0.385 e. The van der Waals surface area contributed by atoms with Crippen molar-refractivity contribution in [3.63, 3.8) is 0 Å². The summed E-state index contributed by atoms with van der Waals surface area (Å²) in [5.41, 5.74) is 6.89. The molecule has 0 aromatic carbocycles. The van der Waals surface area contributed by atoms with E-state index in [1.165, 1.54) is 0 Å². The van der Waals surface area contributed by atoms with Gasteiger partial charge in [0.05, 0.1) is 0 Å². The van der Waals surface area contributed by atoms with Crippen LogP contribution in [-0.4, -0.2) is 29.4 Å². The molecule has 0 aliphatic rings. The average molecular weight is 255 g/mol. The van der Waals surface area contributed by atoms with Gasteiger partial charge < -0.3 is 10.5 Å². The lowest BCUT2D eigenvalue weighted by Crippen LogP contribution is -2.04. The molecule has 0 atom stereocenters. The maximum absolute atomic E-state index is 5.89. The normalized spacial score (nSPS) is 10.8. The van der Waals surface area contributed by atoms with Gasteiger partial charge in [0.1, 0.15) is 16.7 Å². The predicted octanol–water partition coefficient (Wildman–Crippen LogP) is 2.45. The Morgan fingerprint density at radius 3 is 2.76 bits per heavy atom. The number of rotatable bonds is 7. The van der Waals surface area contributed by atoms with Gasteiger partial charge in [0, 0.05) is 31.5 Å². The number of aryl methyl sites for hydroxylation is 1. The van der Waals surface area contributed by atoms with E-state index in [9.17, 15) is 0 Å². The summed E-state index contributed by atoms with van der Waals surface area (Å²) in [6.45, 7) is 4.88. The van der Waals surface area contributed by atoms with E-state index in [4.69, 9.17) is 10.5 Å². The second-order valence-corrected chi connectivity index (χ2v) is 4.98. The van der Waals surface area contributed by atoms with Crippen LogP contribution in [0.5, 0.6) is 0 Å². The molecule has 0 fully saturated rings. The molecule has 0 bridgehead atoms. The van der Waals surface area contributed by atoms with Gasteiger partial charge >= 0.3 is 0 Å². The highest BCUT2D eigenvalue weighted by molar-refractivity contribution is 7.99. The number of aromatic nitrogens is 2. The van der Waals surface area contributed by atoms with Crippen molar-refractivity contribution in [2.45, 2.75) is 38.1 Å². The van der Waals surface area contributed by atoms with Crippen LogP contribution >= 0.6 is 11.8 Å². The number of thioether (sulfide) groups is 1. The second-order valence-electron chi connectivity index (χ2n) is 3.90. The first kappa shape index (κ1) is 14.3. The van der Waals surface area contributed by atoms with Crippen LogP contribution in [-0.2, 0) is 11.2 Å². The van der Waals surface area contributed by atoms with Crippen molar-refractivity contribution in [1.29, 1.82) is 0 Å². The van der Waals surface area contributed by atoms with Crippen LogP contribution < -0.4 is 5.73 Å². The van der Waals surface area contributed by atoms with Crippen LogP contribution in [0, 0.1) is 6.92 Å². The van der Waals surface area contributed by atoms with E-state index in [0.29, 0.717) is 5.82 Å². The maximum atomic E-state index is 5.89. The zero-order valence-electron chi connectivity index (χ0n) is 10.8. The molecule has 96 valence electrons. The van der Waals surface area contributed by atoms with Crippen molar-refractivity contribution >= 4 is 17.6 Å². The van der Waals surface area contributed by atoms with E-state index in [1.54, 1.807) is 18.9 Å². The third-order valence-corrected chi connectivity index (χ3v) is 3.55. The van der Waals surface area contributed by atoms with E-state index >= 15 is 0 Å². The highest BCUT2D eigenvalue weighted by atomic mass is 32.2. The van der Waals surface area contributed by atoms with Gasteiger partial charge in [-0.2, -0.15) is 0 Å². The van der Waals surface area contributed by atoms with Gasteiger partial charge in [-0.05, 0) is 19.8 Å². The van der Waals surface area contributed by atoms with Crippen molar-refractivity contribution in [3.8, 4) is 0 Å². The number of ether oxygens (including phenoxy) is 1. The fourth-order valence-electron chi connectivity index (χ4n) is 1.41. The summed E-state index contributed by atoms with van der Waals surface area (Å²) in [5.74, 6) is 2.46. The number of nitrogen functional groups attached to an aromatic ring is 1. The Hall–Kier alpha value is -0.810. The fourth-order valence-corrected chi connectivity index (χ4v) is 2.35. The van der Waals surface area contributed by atoms with E-state index in [0.717, 1.165) is 48.0 Å². The molecule has 0 saturated heterocycles. The predicted molar refractivity (Wildman–Crippen MR) is 72.4 cm³/mol. The Bertz CT molecular complexity index is 358. The summed E-state index contributed by atoms with van der Waals surface area (Å²) in [6, 6.07) is 0. The van der Waals surface area contributed by atoms with Crippen LogP contribution in [0.4, 0.5) is 5.82 Å². The Balaban J connectivity index is 2.68. The van der Waals surface area contributed by atoms with Gasteiger partial charge in [0.25, 0.3) is 0 Å². The van der Waals surface area contributed by atoms with Gasteiger partial charge in [-0.25, -0.2) is 9.97 Å². The van der Waals surface area contributed by atoms with E-state index in [2.05, 4.69) is 16.9 Å². The Kier molecular flexibility index (Phi) is 6.29. The molecule has 17 heavy (non-hydrogen) atoms. The third-order valence-electron chi connectivity index (χ3n) is 2.39. The highest BCUT2D eigenvalue weighted by Crippen LogP contribution is 2.24. The lowest BCUT2D eigenvalue weighted by molar-refractivity contribution is 0.200. The summed E-state index contributed by atoms with van der Waals surface area (Å²) in [5, 5.41) is 1.01. The van der Waals surface area contributed by atoms with Crippen molar-refractivity contribution < 1.29 is 4.74 Å². The summed E-state index contributed by atoms with van der Waals surface area (Å²) in [7, 11) is 1.72. The van der Waals surface area contributed by atoms with Crippen LogP contribution in [0.3, 0.4) is 0 Å². The zero-order chi connectivity index (χ0) is 12.7. The van der Waals surface area contributed by atoms with Gasteiger partial charge in [-0.1, -0.05) is 6.92 Å². The summed E-state index contributed by atoms with van der Waals surface area (Å²) in [6.07, 6.45) is 2.94. The van der Waals surface area contributed by atoms with Crippen LogP contribution in [0.15, 0.2) is 5.03 Å². The minimum absolute atomic E-state index is 0.609. The molecule has 5 heteroatoms. The molecular formula is C12H21N3OS. The third kappa shape index (κ3) is 4.52. The quantitative estimate of drug-likeness (QED) is 0.460. The van der Waals surface area contributed by atoms with E-state index < -0.39 is 0 Å². The molecule has 0 radical (unpaired) electrons. The molecule has 0 aliphatic carbocycles. The van der Waals surface area contributed by atoms with Gasteiger partial charge in [-0.3, -0.25) is 0 Å². The van der Waals surface area contributed by atoms with Crippen LogP contribution in [0.25, 0.3) is 0 Å². The molecule has 1 aromatic rings. The molecule has 4 nitrogen and oxygen atoms in total.